The first-order valence-corrected chi connectivity index (χ1v) is 17.8. The number of carbonyl (C=O) groups excluding carboxylic acids is 1. The molecule has 2 aromatic rings. The van der Waals surface area contributed by atoms with Crippen molar-refractivity contribution in [2.24, 2.45) is 19.9 Å². The highest BCUT2D eigenvalue weighted by atomic mass is 28.3. The van der Waals surface area contributed by atoms with Gasteiger partial charge in [0.1, 0.15) is 14.8 Å². The van der Waals surface area contributed by atoms with Gasteiger partial charge in [0.05, 0.1) is 0 Å². The van der Waals surface area contributed by atoms with Gasteiger partial charge in [-0.3, -0.25) is 14.8 Å². The summed E-state index contributed by atoms with van der Waals surface area (Å²) in [4.78, 5) is 24.6. The molecule has 0 fully saturated rings. The standard InChI is InChI=1S/C16H17NO2.C14H14N4.C3H9N3Si/c1-13(18)19-11-3-4-14-6-8-15(9-7-14)12-16-5-2-10-17-16;15-18-17-10-1-3-12-5-7-13(8-6-12)11-14-4-2-9-16-14;1-7(2,3)6-5-4/h3-10H,2,11-12H2,1H3;1,3-9H,2,10-11H2;1-3H3/b4-3+;3-1+;. The number of benzene rings is 2. The molecule has 0 N–H and O–H groups in total. The summed E-state index contributed by atoms with van der Waals surface area (Å²) in [6, 6.07) is 16.6. The minimum Gasteiger partial charge on any atom is -0.462 e. The molecule has 4 rings (SSSR count). The van der Waals surface area contributed by atoms with E-state index in [1.54, 1.807) is 0 Å². The average molecular weight is 609 g/mol. The molecule has 0 saturated carbocycles. The van der Waals surface area contributed by atoms with Crippen LogP contribution < -0.4 is 0 Å². The summed E-state index contributed by atoms with van der Waals surface area (Å²) in [7, 11) is -1.45. The van der Waals surface area contributed by atoms with Crippen molar-refractivity contribution in [3.8, 4) is 0 Å². The smallest absolute Gasteiger partial charge is 0.302 e. The van der Waals surface area contributed by atoms with Gasteiger partial charge in [-0.1, -0.05) is 104 Å². The van der Waals surface area contributed by atoms with Gasteiger partial charge in [-0.05, 0) is 44.3 Å². The fourth-order valence-electron chi connectivity index (χ4n) is 3.73. The summed E-state index contributed by atoms with van der Waals surface area (Å²) < 4.78 is 8.40. The number of nitrogens with zero attached hydrogens (tertiary/aromatic N) is 8. The van der Waals surface area contributed by atoms with Crippen LogP contribution in [-0.4, -0.2) is 39.8 Å². The van der Waals surface area contributed by atoms with E-state index in [0.717, 1.165) is 48.2 Å². The summed E-state index contributed by atoms with van der Waals surface area (Å²) >= 11 is 0. The van der Waals surface area contributed by atoms with Crippen LogP contribution in [0.5, 0.6) is 0 Å². The maximum Gasteiger partial charge on any atom is 0.302 e. The number of hydrogen-bond donors (Lipinski definition) is 0. The van der Waals surface area contributed by atoms with Crippen LogP contribution in [0.2, 0.25) is 19.6 Å². The molecular weight excluding hydrogens is 569 g/mol. The van der Waals surface area contributed by atoms with Crippen molar-refractivity contribution in [2.75, 3.05) is 13.2 Å². The van der Waals surface area contributed by atoms with Crippen LogP contribution in [0.15, 0.2) is 104 Å². The number of rotatable bonds is 11. The van der Waals surface area contributed by atoms with Gasteiger partial charge in [0, 0.05) is 67.9 Å². The minimum absolute atomic E-state index is 0.259. The van der Waals surface area contributed by atoms with Gasteiger partial charge in [0.2, 0.25) is 0 Å². The molecule has 2 heterocycles. The molecule has 44 heavy (non-hydrogen) atoms. The summed E-state index contributed by atoms with van der Waals surface area (Å²) in [5, 5.41) is 3.44. The number of hydrogen-bond acceptors (Lipinski definition) is 6. The van der Waals surface area contributed by atoms with E-state index < -0.39 is 8.24 Å². The van der Waals surface area contributed by atoms with Crippen LogP contribution >= 0.6 is 0 Å². The van der Waals surface area contributed by atoms with E-state index in [2.05, 4.69) is 90.4 Å². The van der Waals surface area contributed by atoms with E-state index in [9.17, 15) is 4.79 Å². The second kappa shape index (κ2) is 20.0. The lowest BCUT2D eigenvalue weighted by atomic mass is 10.1. The third-order valence-corrected chi connectivity index (χ3v) is 6.45. The zero-order chi connectivity index (χ0) is 32.0. The molecule has 0 amide bonds. The van der Waals surface area contributed by atoms with Crippen molar-refractivity contribution in [2.45, 2.75) is 52.2 Å². The van der Waals surface area contributed by atoms with Gasteiger partial charge in [0.25, 0.3) is 0 Å². The molecule has 0 unspecified atom stereocenters. The fourth-order valence-corrected chi connectivity index (χ4v) is 3.99. The Morgan fingerprint density at radius 3 is 1.70 bits per heavy atom. The van der Waals surface area contributed by atoms with E-state index in [4.69, 9.17) is 15.8 Å². The first-order chi connectivity index (χ1) is 21.2. The van der Waals surface area contributed by atoms with Crippen LogP contribution in [-0.2, 0) is 22.4 Å². The Hall–Kier alpha value is -4.95. The van der Waals surface area contributed by atoms with Gasteiger partial charge < -0.3 is 4.74 Å². The third kappa shape index (κ3) is 16.5. The van der Waals surface area contributed by atoms with Crippen LogP contribution in [0.1, 0.15) is 42.0 Å². The lowest BCUT2D eigenvalue weighted by molar-refractivity contribution is -0.139. The lowest BCUT2D eigenvalue weighted by Gasteiger charge is -2.01. The summed E-state index contributed by atoms with van der Waals surface area (Å²) in [5.41, 5.74) is 23.0. The third-order valence-electron chi connectivity index (χ3n) is 5.76. The summed E-state index contributed by atoms with van der Waals surface area (Å²) in [6.07, 6.45) is 19.4. The van der Waals surface area contributed by atoms with E-state index in [1.807, 2.05) is 56.4 Å². The highest BCUT2D eigenvalue weighted by molar-refractivity contribution is 6.74. The Morgan fingerprint density at radius 1 is 0.841 bits per heavy atom. The Morgan fingerprint density at radius 2 is 1.34 bits per heavy atom. The number of aliphatic imine (C=N–C) groups is 2. The molecule has 0 radical (unpaired) electrons. The van der Waals surface area contributed by atoms with Crippen molar-refractivity contribution >= 4 is 38.8 Å². The largest absolute Gasteiger partial charge is 0.462 e. The molecule has 0 atom stereocenters. The molecule has 10 nitrogen and oxygen atoms in total. The van der Waals surface area contributed by atoms with Crippen molar-refractivity contribution in [1.82, 2.24) is 0 Å². The molecular formula is C33H40N8O2Si. The SMILES string of the molecule is CC(=O)OC/C=C/c1ccc(CC2=CCC=N2)cc1.C[Si](C)(C)N=[N+]=[N-].[N-]=[N+]=NC/C=C/c1ccc(CC2=CCC=N2)cc1. The number of allylic oxidation sites excluding steroid dienone is 4. The number of esters is 1. The van der Waals surface area contributed by atoms with Crippen molar-refractivity contribution in [3.05, 3.63) is 127 Å². The molecule has 0 saturated heterocycles. The van der Waals surface area contributed by atoms with Crippen molar-refractivity contribution < 1.29 is 9.53 Å². The topological polar surface area (TPSA) is 149 Å². The lowest BCUT2D eigenvalue weighted by Crippen LogP contribution is -2.13. The van der Waals surface area contributed by atoms with Gasteiger partial charge in [-0.15, -0.1) is 4.78 Å². The Bertz CT molecular complexity index is 1490. The van der Waals surface area contributed by atoms with Gasteiger partial charge >= 0.3 is 5.97 Å². The monoisotopic (exact) mass is 608 g/mol. The summed E-state index contributed by atoms with van der Waals surface area (Å²) in [6.45, 7) is 8.09. The number of carbonyl (C=O) groups is 1. The van der Waals surface area contributed by atoms with E-state index in [1.165, 1.54) is 18.1 Å². The first kappa shape index (κ1) is 35.2. The van der Waals surface area contributed by atoms with Crippen LogP contribution in [0.25, 0.3) is 33.0 Å². The zero-order valence-electron chi connectivity index (χ0n) is 25.9. The maximum atomic E-state index is 10.6. The number of ether oxygens (including phenoxy) is 1. The molecule has 0 aliphatic carbocycles. The number of azide groups is 2. The van der Waals surface area contributed by atoms with Crippen LogP contribution in [0.4, 0.5) is 0 Å². The fraction of sp³-hybridized carbons (Fsp3) is 0.303. The Balaban J connectivity index is 0.000000254. The highest BCUT2D eigenvalue weighted by Gasteiger charge is 2.08. The second-order valence-electron chi connectivity index (χ2n) is 10.7. The van der Waals surface area contributed by atoms with Crippen molar-refractivity contribution in [1.29, 1.82) is 0 Å². The molecule has 228 valence electrons. The molecule has 0 bridgehead atoms. The normalized spacial score (nSPS) is 13.2. The van der Waals surface area contributed by atoms with Gasteiger partial charge in [-0.2, -0.15) is 0 Å². The average Bonchev–Trinajstić information content (AvgIpc) is 3.70. The molecule has 11 heteroatoms. The van der Waals surface area contributed by atoms with Crippen LogP contribution in [0, 0.1) is 0 Å². The van der Waals surface area contributed by atoms with Gasteiger partial charge in [-0.25, -0.2) is 0 Å². The second-order valence-corrected chi connectivity index (χ2v) is 15.2. The molecule has 0 spiro atoms. The predicted molar refractivity (Wildman–Crippen MR) is 184 cm³/mol. The zero-order valence-corrected chi connectivity index (χ0v) is 26.9. The molecule has 2 aliphatic rings. The highest BCUT2D eigenvalue weighted by Crippen LogP contribution is 2.16. The maximum absolute atomic E-state index is 10.6. The van der Waals surface area contributed by atoms with E-state index >= 15 is 0 Å². The van der Waals surface area contributed by atoms with Gasteiger partial charge in [0.15, 0.2) is 0 Å². The minimum atomic E-state index is -1.45. The van der Waals surface area contributed by atoms with E-state index in [-0.39, 0.29) is 5.97 Å². The quantitative estimate of drug-likeness (QED) is 0.0822. The molecule has 2 aromatic carbocycles. The summed E-state index contributed by atoms with van der Waals surface area (Å²) in [5.74, 6) is -0.259. The molecule has 2 aliphatic heterocycles. The predicted octanol–water partition coefficient (Wildman–Crippen LogP) is 9.21. The first-order valence-electron chi connectivity index (χ1n) is 14.3. The Labute approximate surface area is 260 Å². The van der Waals surface area contributed by atoms with E-state index in [0.29, 0.717) is 13.2 Å². The molecule has 0 aromatic heterocycles. The Kier molecular flexibility index (Phi) is 16.1. The van der Waals surface area contributed by atoms with Crippen LogP contribution in [0.3, 0.4) is 0 Å². The van der Waals surface area contributed by atoms with Crippen molar-refractivity contribution in [3.63, 3.8) is 0 Å².